The van der Waals surface area contributed by atoms with Crippen LogP contribution in [0.3, 0.4) is 0 Å². The number of rotatable bonds is 3. The zero-order valence-corrected chi connectivity index (χ0v) is 10.7. The minimum absolute atomic E-state index is 0.122. The van der Waals surface area contributed by atoms with E-state index in [1.807, 2.05) is 0 Å². The number of hydrogen-bond donors (Lipinski definition) is 0. The summed E-state index contributed by atoms with van der Waals surface area (Å²) in [5, 5.41) is 0. The lowest BCUT2D eigenvalue weighted by Gasteiger charge is -2.31. The second kappa shape index (κ2) is 6.31. The van der Waals surface area contributed by atoms with Crippen LogP contribution in [0.1, 0.15) is 19.8 Å². The molecule has 6 nitrogen and oxygen atoms in total. The first-order valence-electron chi connectivity index (χ1n) is 6.25. The number of amides is 1. The number of hydrogen-bond acceptors (Lipinski definition) is 5. The van der Waals surface area contributed by atoms with Gasteiger partial charge in [-0.2, -0.15) is 0 Å². The zero-order chi connectivity index (χ0) is 13.7. The molecule has 2 rings (SSSR count). The van der Waals surface area contributed by atoms with Gasteiger partial charge in [0.15, 0.2) is 5.82 Å². The van der Waals surface area contributed by atoms with Crippen LogP contribution < -0.4 is 4.74 Å². The summed E-state index contributed by atoms with van der Waals surface area (Å²) in [4.78, 5) is 20.7. The zero-order valence-electron chi connectivity index (χ0n) is 10.7. The topological polar surface area (TPSA) is 64.5 Å². The monoisotopic (exact) mass is 269 g/mol. The predicted octanol–water partition coefficient (Wildman–Crippen LogP) is 1.62. The predicted molar refractivity (Wildman–Crippen MR) is 64.2 cm³/mol. The Balaban J connectivity index is 1.90. The van der Waals surface area contributed by atoms with Crippen LogP contribution in [0.15, 0.2) is 12.4 Å². The molecule has 0 N–H and O–H groups in total. The lowest BCUT2D eigenvalue weighted by Crippen LogP contribution is -2.44. The van der Waals surface area contributed by atoms with Crippen molar-refractivity contribution >= 4 is 6.09 Å². The van der Waals surface area contributed by atoms with E-state index >= 15 is 0 Å². The van der Waals surface area contributed by atoms with Gasteiger partial charge in [-0.15, -0.1) is 0 Å². The summed E-state index contributed by atoms with van der Waals surface area (Å²) in [7, 11) is 0. The molecule has 1 aromatic heterocycles. The standard InChI is InChI=1S/C12H16FN3O3/c1-2-18-12(17)16-5-3-4-10(8-16)19-11-14-6-9(13)7-15-11/h6-7,10H,2-5,8H2,1H3/t10-/m0/s1. The lowest BCUT2D eigenvalue weighted by atomic mass is 10.1. The van der Waals surface area contributed by atoms with Crippen molar-refractivity contribution in [3.63, 3.8) is 0 Å². The molecule has 1 saturated heterocycles. The Morgan fingerprint density at radius 2 is 2.26 bits per heavy atom. The summed E-state index contributed by atoms with van der Waals surface area (Å²) in [5.74, 6) is -0.510. The molecule has 1 atom stereocenters. The van der Waals surface area contributed by atoms with Crippen molar-refractivity contribution < 1.29 is 18.7 Å². The quantitative estimate of drug-likeness (QED) is 0.834. The molecule has 2 heterocycles. The van der Waals surface area contributed by atoms with Gasteiger partial charge in [0, 0.05) is 6.54 Å². The Morgan fingerprint density at radius 1 is 1.53 bits per heavy atom. The highest BCUT2D eigenvalue weighted by Crippen LogP contribution is 2.16. The van der Waals surface area contributed by atoms with Gasteiger partial charge in [-0.05, 0) is 19.8 Å². The fourth-order valence-electron chi connectivity index (χ4n) is 1.93. The number of likely N-dealkylation sites (tertiary alicyclic amines) is 1. The fourth-order valence-corrected chi connectivity index (χ4v) is 1.93. The minimum atomic E-state index is -0.510. The molecule has 0 unspecified atom stereocenters. The largest absolute Gasteiger partial charge is 0.458 e. The van der Waals surface area contributed by atoms with Crippen LogP contribution in [0.25, 0.3) is 0 Å². The average Bonchev–Trinajstić information content (AvgIpc) is 2.42. The lowest BCUT2D eigenvalue weighted by molar-refractivity contribution is 0.0574. The number of halogens is 1. The van der Waals surface area contributed by atoms with Gasteiger partial charge in [0.1, 0.15) is 6.10 Å². The maximum Gasteiger partial charge on any atom is 0.409 e. The van der Waals surface area contributed by atoms with E-state index in [-0.39, 0.29) is 18.2 Å². The van der Waals surface area contributed by atoms with Crippen LogP contribution in [0.5, 0.6) is 6.01 Å². The van der Waals surface area contributed by atoms with E-state index in [0.29, 0.717) is 19.7 Å². The molecule has 1 aliphatic rings. The van der Waals surface area contributed by atoms with E-state index in [9.17, 15) is 9.18 Å². The van der Waals surface area contributed by atoms with Crippen molar-refractivity contribution in [3.05, 3.63) is 18.2 Å². The first-order chi connectivity index (χ1) is 9.19. The highest BCUT2D eigenvalue weighted by molar-refractivity contribution is 5.67. The highest BCUT2D eigenvalue weighted by atomic mass is 19.1. The molecule has 0 spiro atoms. The van der Waals surface area contributed by atoms with E-state index in [2.05, 4.69) is 9.97 Å². The SMILES string of the molecule is CCOC(=O)N1CCC[C@H](Oc2ncc(F)cn2)C1. The van der Waals surface area contributed by atoms with E-state index in [1.165, 1.54) is 0 Å². The number of nitrogens with zero attached hydrogens (tertiary/aromatic N) is 3. The molecule has 104 valence electrons. The Morgan fingerprint density at radius 3 is 2.95 bits per heavy atom. The van der Waals surface area contributed by atoms with Crippen LogP contribution >= 0.6 is 0 Å². The van der Waals surface area contributed by atoms with E-state index in [1.54, 1.807) is 11.8 Å². The minimum Gasteiger partial charge on any atom is -0.458 e. The average molecular weight is 269 g/mol. The van der Waals surface area contributed by atoms with Crippen LogP contribution in [0.2, 0.25) is 0 Å². The Bertz CT molecular complexity index is 427. The number of piperidine rings is 1. The Hall–Kier alpha value is -1.92. The molecule has 0 radical (unpaired) electrons. The Labute approximate surface area is 110 Å². The van der Waals surface area contributed by atoms with Crippen LogP contribution in [-0.2, 0) is 4.74 Å². The first kappa shape index (κ1) is 13.5. The van der Waals surface area contributed by atoms with Crippen molar-refractivity contribution in [2.75, 3.05) is 19.7 Å². The summed E-state index contributed by atoms with van der Waals surface area (Å²) >= 11 is 0. The number of carbonyl (C=O) groups excluding carboxylic acids is 1. The van der Waals surface area contributed by atoms with Crippen LogP contribution in [-0.4, -0.2) is 46.8 Å². The molecule has 0 aromatic carbocycles. The van der Waals surface area contributed by atoms with Gasteiger partial charge in [-0.25, -0.2) is 19.2 Å². The molecular weight excluding hydrogens is 253 g/mol. The summed E-state index contributed by atoms with van der Waals surface area (Å²) in [5.41, 5.74) is 0. The number of ether oxygens (including phenoxy) is 2. The molecule has 19 heavy (non-hydrogen) atoms. The van der Waals surface area contributed by atoms with Crippen molar-refractivity contribution in [3.8, 4) is 6.01 Å². The summed E-state index contributed by atoms with van der Waals surface area (Å²) in [6.45, 7) is 3.20. The second-order valence-electron chi connectivity index (χ2n) is 4.21. The molecule has 0 aliphatic carbocycles. The van der Waals surface area contributed by atoms with Crippen LogP contribution in [0, 0.1) is 5.82 Å². The van der Waals surface area contributed by atoms with Crippen molar-refractivity contribution in [2.45, 2.75) is 25.9 Å². The molecule has 0 saturated carbocycles. The summed E-state index contributed by atoms with van der Waals surface area (Å²) in [6.07, 6.45) is 3.20. The van der Waals surface area contributed by atoms with Gasteiger partial charge in [0.2, 0.25) is 0 Å². The maximum atomic E-state index is 12.7. The molecule has 1 aliphatic heterocycles. The van der Waals surface area contributed by atoms with Gasteiger partial charge in [0.25, 0.3) is 0 Å². The molecule has 1 amide bonds. The van der Waals surface area contributed by atoms with Gasteiger partial charge in [-0.1, -0.05) is 0 Å². The van der Waals surface area contributed by atoms with Crippen molar-refractivity contribution in [1.82, 2.24) is 14.9 Å². The molecule has 0 bridgehead atoms. The third-order valence-electron chi connectivity index (χ3n) is 2.77. The summed E-state index contributed by atoms with van der Waals surface area (Å²) in [6, 6.07) is 0.122. The normalized spacial score (nSPS) is 19.1. The maximum absolute atomic E-state index is 12.7. The third-order valence-corrected chi connectivity index (χ3v) is 2.77. The van der Waals surface area contributed by atoms with E-state index in [4.69, 9.17) is 9.47 Å². The fraction of sp³-hybridized carbons (Fsp3) is 0.583. The molecular formula is C12H16FN3O3. The van der Waals surface area contributed by atoms with E-state index in [0.717, 1.165) is 25.2 Å². The van der Waals surface area contributed by atoms with Gasteiger partial charge >= 0.3 is 12.1 Å². The second-order valence-corrected chi connectivity index (χ2v) is 4.21. The smallest absolute Gasteiger partial charge is 0.409 e. The summed E-state index contributed by atoms with van der Waals surface area (Å²) < 4.78 is 23.1. The van der Waals surface area contributed by atoms with Crippen LogP contribution in [0.4, 0.5) is 9.18 Å². The van der Waals surface area contributed by atoms with Crippen molar-refractivity contribution in [1.29, 1.82) is 0 Å². The van der Waals surface area contributed by atoms with E-state index < -0.39 is 5.82 Å². The molecule has 1 fully saturated rings. The number of carbonyl (C=O) groups is 1. The van der Waals surface area contributed by atoms with Gasteiger partial charge in [-0.3, -0.25) is 0 Å². The Kier molecular flexibility index (Phi) is 4.48. The first-order valence-corrected chi connectivity index (χ1v) is 6.25. The van der Waals surface area contributed by atoms with Gasteiger partial charge in [0.05, 0.1) is 25.5 Å². The van der Waals surface area contributed by atoms with Crippen molar-refractivity contribution in [2.24, 2.45) is 0 Å². The molecule has 7 heteroatoms. The third kappa shape index (κ3) is 3.77. The highest BCUT2D eigenvalue weighted by Gasteiger charge is 2.26. The molecule has 1 aromatic rings. The number of aromatic nitrogens is 2. The van der Waals surface area contributed by atoms with Gasteiger partial charge < -0.3 is 14.4 Å².